The lowest BCUT2D eigenvalue weighted by atomic mass is 10.0. The fraction of sp³-hybridized carbons (Fsp3) is 0.357. The second-order valence-electron chi connectivity index (χ2n) is 8.54. The van der Waals surface area contributed by atoms with Crippen molar-refractivity contribution in [3.63, 3.8) is 0 Å². The molecule has 0 bridgehead atoms. The number of halogens is 1. The fourth-order valence-corrected chi connectivity index (χ4v) is 4.33. The van der Waals surface area contributed by atoms with E-state index in [0.29, 0.717) is 36.5 Å². The Morgan fingerprint density at radius 1 is 1.24 bits per heavy atom. The second-order valence-corrected chi connectivity index (χ2v) is 8.94. The smallest absolute Gasteiger partial charge is 0.354 e. The average Bonchev–Trinajstić information content (AvgIpc) is 3.54. The van der Waals surface area contributed by atoms with E-state index in [-0.39, 0.29) is 49.2 Å². The van der Waals surface area contributed by atoms with Gasteiger partial charge in [0, 0.05) is 41.6 Å². The third-order valence-corrected chi connectivity index (χ3v) is 6.36. The average molecular weight is 524 g/mol. The maximum absolute atomic E-state index is 13.2. The van der Waals surface area contributed by atoms with E-state index in [1.165, 1.54) is 0 Å². The molecule has 1 saturated heterocycles. The SMILES string of the molecule is C#CCCC(=O)N(CC(=O)c1ccc(-c2ccccc2Cl)[nH]1)/C(=C\CC[C@H]1CCNC1=O)C(=O)OCC. The van der Waals surface area contributed by atoms with Crippen molar-refractivity contribution in [2.24, 2.45) is 5.92 Å². The molecule has 2 heterocycles. The number of Topliss-reactive ketones (excluding diaryl/α,β-unsaturated/α-hetero) is 1. The number of ether oxygens (including phenoxy) is 1. The third kappa shape index (κ3) is 7.34. The van der Waals surface area contributed by atoms with Crippen LogP contribution >= 0.6 is 11.6 Å². The predicted molar refractivity (Wildman–Crippen MR) is 140 cm³/mol. The Kier molecular flexibility index (Phi) is 10.1. The molecule has 2 amide bonds. The number of hydrogen-bond donors (Lipinski definition) is 2. The molecule has 194 valence electrons. The molecule has 9 heteroatoms. The van der Waals surface area contributed by atoms with Gasteiger partial charge in [-0.15, -0.1) is 12.3 Å². The number of H-pyrrole nitrogens is 1. The number of hydrogen-bond acceptors (Lipinski definition) is 5. The molecule has 0 saturated carbocycles. The Bertz CT molecular complexity index is 1230. The molecular weight excluding hydrogens is 494 g/mol. The summed E-state index contributed by atoms with van der Waals surface area (Å²) in [6.45, 7) is 1.98. The van der Waals surface area contributed by atoms with Crippen molar-refractivity contribution < 1.29 is 23.9 Å². The summed E-state index contributed by atoms with van der Waals surface area (Å²) in [6, 6.07) is 10.6. The molecule has 1 aromatic carbocycles. The number of nitrogens with one attached hydrogen (secondary N) is 2. The minimum atomic E-state index is -0.719. The van der Waals surface area contributed by atoms with Crippen LogP contribution in [0.15, 0.2) is 48.2 Å². The summed E-state index contributed by atoms with van der Waals surface area (Å²) in [7, 11) is 0. The number of ketones is 1. The Hall–Kier alpha value is -3.83. The first-order valence-electron chi connectivity index (χ1n) is 12.2. The largest absolute Gasteiger partial charge is 0.461 e. The van der Waals surface area contributed by atoms with Crippen molar-refractivity contribution in [1.82, 2.24) is 15.2 Å². The van der Waals surface area contributed by atoms with Crippen molar-refractivity contribution in [2.75, 3.05) is 19.7 Å². The van der Waals surface area contributed by atoms with Crippen LogP contribution in [0.4, 0.5) is 0 Å². The minimum absolute atomic E-state index is 0.0238. The van der Waals surface area contributed by atoms with Gasteiger partial charge in [-0.2, -0.15) is 0 Å². The lowest BCUT2D eigenvalue weighted by Crippen LogP contribution is -2.38. The molecule has 1 aliphatic rings. The first-order chi connectivity index (χ1) is 17.8. The monoisotopic (exact) mass is 523 g/mol. The van der Waals surface area contributed by atoms with Crippen molar-refractivity contribution in [2.45, 2.75) is 39.0 Å². The summed E-state index contributed by atoms with van der Waals surface area (Å²) in [4.78, 5) is 55.3. The van der Waals surface area contributed by atoms with E-state index in [1.807, 2.05) is 18.2 Å². The van der Waals surface area contributed by atoms with Gasteiger partial charge in [-0.3, -0.25) is 19.3 Å². The molecule has 0 unspecified atom stereocenters. The van der Waals surface area contributed by atoms with E-state index in [1.54, 1.807) is 31.2 Å². The van der Waals surface area contributed by atoms with Crippen LogP contribution in [0.2, 0.25) is 5.02 Å². The normalized spacial score (nSPS) is 15.1. The molecular formula is C28H30ClN3O5. The van der Waals surface area contributed by atoms with E-state index in [9.17, 15) is 19.2 Å². The number of carbonyl (C=O) groups is 4. The highest BCUT2D eigenvalue weighted by Crippen LogP contribution is 2.27. The molecule has 37 heavy (non-hydrogen) atoms. The van der Waals surface area contributed by atoms with Gasteiger partial charge in [0.05, 0.1) is 18.8 Å². The van der Waals surface area contributed by atoms with Crippen LogP contribution in [0.3, 0.4) is 0 Å². The van der Waals surface area contributed by atoms with Gasteiger partial charge in [-0.05, 0) is 44.4 Å². The molecule has 0 spiro atoms. The van der Waals surface area contributed by atoms with Gasteiger partial charge in [-0.25, -0.2) is 4.79 Å². The van der Waals surface area contributed by atoms with Crippen LogP contribution in [0, 0.1) is 18.3 Å². The third-order valence-electron chi connectivity index (χ3n) is 6.03. The topological polar surface area (TPSA) is 109 Å². The zero-order valence-corrected chi connectivity index (χ0v) is 21.5. The molecule has 8 nitrogen and oxygen atoms in total. The lowest BCUT2D eigenvalue weighted by molar-refractivity contribution is -0.143. The molecule has 1 fully saturated rings. The first kappa shape index (κ1) is 27.8. The molecule has 1 atom stereocenters. The molecule has 1 aromatic heterocycles. The van der Waals surface area contributed by atoms with Gasteiger partial charge in [-0.1, -0.05) is 35.9 Å². The van der Waals surface area contributed by atoms with Crippen molar-refractivity contribution in [1.29, 1.82) is 0 Å². The van der Waals surface area contributed by atoms with E-state index in [2.05, 4.69) is 16.2 Å². The van der Waals surface area contributed by atoms with Gasteiger partial charge >= 0.3 is 5.97 Å². The van der Waals surface area contributed by atoms with Gasteiger partial charge in [0.1, 0.15) is 5.70 Å². The van der Waals surface area contributed by atoms with Crippen molar-refractivity contribution in [3.05, 3.63) is 58.9 Å². The van der Waals surface area contributed by atoms with Crippen LogP contribution in [-0.4, -0.2) is 53.1 Å². The van der Waals surface area contributed by atoms with Gasteiger partial charge < -0.3 is 15.0 Å². The predicted octanol–water partition coefficient (Wildman–Crippen LogP) is 4.12. The van der Waals surface area contributed by atoms with Crippen LogP contribution in [0.5, 0.6) is 0 Å². The Balaban J connectivity index is 1.85. The number of amides is 2. The summed E-state index contributed by atoms with van der Waals surface area (Å²) in [5, 5.41) is 3.31. The van der Waals surface area contributed by atoms with E-state index >= 15 is 0 Å². The lowest BCUT2D eigenvalue weighted by Gasteiger charge is -2.24. The van der Waals surface area contributed by atoms with E-state index < -0.39 is 17.7 Å². The molecule has 0 radical (unpaired) electrons. The number of aromatic amines is 1. The summed E-state index contributed by atoms with van der Waals surface area (Å²) in [5.41, 5.74) is 1.60. The van der Waals surface area contributed by atoms with Crippen molar-refractivity contribution >= 4 is 35.2 Å². The highest BCUT2D eigenvalue weighted by atomic mass is 35.5. The molecule has 3 rings (SSSR count). The van der Waals surface area contributed by atoms with Crippen LogP contribution in [0.1, 0.15) is 49.5 Å². The van der Waals surface area contributed by atoms with Crippen LogP contribution in [-0.2, 0) is 19.1 Å². The summed E-state index contributed by atoms with van der Waals surface area (Å²) >= 11 is 6.27. The second kappa shape index (κ2) is 13.5. The maximum Gasteiger partial charge on any atom is 0.354 e. The Labute approximate surface area is 221 Å². The molecule has 2 aromatic rings. The number of aromatic nitrogens is 1. The van der Waals surface area contributed by atoms with Gasteiger partial charge in [0.2, 0.25) is 11.8 Å². The number of benzene rings is 1. The number of esters is 1. The fourth-order valence-electron chi connectivity index (χ4n) is 4.10. The molecule has 0 aliphatic carbocycles. The quantitative estimate of drug-likeness (QED) is 0.188. The number of terminal acetylenes is 1. The minimum Gasteiger partial charge on any atom is -0.461 e. The van der Waals surface area contributed by atoms with E-state index in [0.717, 1.165) is 10.5 Å². The highest BCUT2D eigenvalue weighted by Gasteiger charge is 2.28. The van der Waals surface area contributed by atoms with Gasteiger partial charge in [0.25, 0.3) is 0 Å². The first-order valence-corrected chi connectivity index (χ1v) is 12.6. The molecule has 1 aliphatic heterocycles. The highest BCUT2D eigenvalue weighted by molar-refractivity contribution is 6.33. The number of allylic oxidation sites excluding steroid dienone is 1. The van der Waals surface area contributed by atoms with Gasteiger partial charge in [0.15, 0.2) is 5.78 Å². The van der Waals surface area contributed by atoms with Crippen LogP contribution < -0.4 is 5.32 Å². The number of carbonyl (C=O) groups excluding carboxylic acids is 4. The summed E-state index contributed by atoms with van der Waals surface area (Å²) in [5.74, 6) is 0.636. The summed E-state index contributed by atoms with van der Waals surface area (Å²) < 4.78 is 5.19. The molecule has 2 N–H and O–H groups in total. The maximum atomic E-state index is 13.2. The number of rotatable bonds is 12. The Morgan fingerprint density at radius 3 is 2.70 bits per heavy atom. The van der Waals surface area contributed by atoms with E-state index in [4.69, 9.17) is 22.8 Å². The zero-order chi connectivity index (χ0) is 26.8. The Morgan fingerprint density at radius 2 is 2.03 bits per heavy atom. The zero-order valence-electron chi connectivity index (χ0n) is 20.7. The summed E-state index contributed by atoms with van der Waals surface area (Å²) in [6.07, 6.45) is 8.60. The van der Waals surface area contributed by atoms with Crippen molar-refractivity contribution in [3.8, 4) is 23.6 Å². The standard InChI is InChI=1S/C28H30ClN3O5/c1-3-5-13-26(34)32(24(28(36)37-4-2)12-8-9-19-16-17-30-27(19)35)18-25(33)23-15-14-22(31-23)20-10-6-7-11-21(20)29/h1,6-7,10-12,14-15,19,31H,4-5,8-9,13,16-18H2,2H3,(H,30,35)/b24-12-/t19-/m0/s1. The van der Waals surface area contributed by atoms with Crippen LogP contribution in [0.25, 0.3) is 11.3 Å². The number of nitrogens with zero attached hydrogens (tertiary/aromatic N) is 1.